The van der Waals surface area contributed by atoms with Gasteiger partial charge in [-0.3, -0.25) is 16.0 Å². The Morgan fingerprint density at radius 1 is 1.50 bits per heavy atom. The predicted molar refractivity (Wildman–Crippen MR) is 75.5 cm³/mol. The number of aromatic nitrogens is 2. The number of likely N-dealkylation sites (N-methyl/N-ethyl adjacent to an activating group) is 1. The normalized spacial score (nSPS) is 14.3. The van der Waals surface area contributed by atoms with Gasteiger partial charge in [-0.2, -0.15) is 5.10 Å². The maximum atomic E-state index is 6.26. The number of nitrogens with two attached hydrogens (primary N) is 1. The van der Waals surface area contributed by atoms with Gasteiger partial charge in [0.05, 0.1) is 5.69 Å². The fraction of sp³-hybridized carbons (Fsp3) is 0.750. The third-order valence-corrected chi connectivity index (χ3v) is 4.36. The zero-order chi connectivity index (χ0) is 14.1. The van der Waals surface area contributed by atoms with E-state index >= 15 is 0 Å². The second kappa shape index (κ2) is 5.57. The zero-order valence-electron chi connectivity index (χ0n) is 12.1. The summed E-state index contributed by atoms with van der Waals surface area (Å²) in [5, 5.41) is 5.01. The van der Waals surface area contributed by atoms with E-state index in [9.17, 15) is 0 Å². The minimum atomic E-state index is -0.0830. The van der Waals surface area contributed by atoms with E-state index in [1.54, 1.807) is 4.68 Å². The Bertz CT molecular complexity index is 411. The van der Waals surface area contributed by atoms with Gasteiger partial charge in [0.1, 0.15) is 5.15 Å². The summed E-state index contributed by atoms with van der Waals surface area (Å²) in [6.07, 6.45) is 0.750. The van der Waals surface area contributed by atoms with Crippen LogP contribution in [-0.2, 0) is 13.5 Å². The van der Waals surface area contributed by atoms with E-state index in [0.717, 1.165) is 17.7 Å². The molecular weight excluding hydrogens is 250 g/mol. The van der Waals surface area contributed by atoms with Gasteiger partial charge in [0.15, 0.2) is 0 Å². The van der Waals surface area contributed by atoms with Crippen molar-refractivity contribution in [1.82, 2.24) is 20.1 Å². The highest BCUT2D eigenvalue weighted by molar-refractivity contribution is 6.30. The van der Waals surface area contributed by atoms with Gasteiger partial charge in [-0.05, 0) is 41.3 Å². The molecule has 0 amide bonds. The average Bonchev–Trinajstić information content (AvgIpc) is 2.50. The molecule has 0 aliphatic rings. The Balaban J connectivity index is 3.00. The van der Waals surface area contributed by atoms with E-state index in [1.165, 1.54) is 0 Å². The molecule has 0 bridgehead atoms. The van der Waals surface area contributed by atoms with Gasteiger partial charge in [0.2, 0.25) is 0 Å². The van der Waals surface area contributed by atoms with Gasteiger partial charge >= 0.3 is 0 Å². The Hall–Kier alpha value is -0.620. The van der Waals surface area contributed by atoms with E-state index in [-0.39, 0.29) is 11.6 Å². The monoisotopic (exact) mass is 273 g/mol. The molecule has 1 unspecified atom stereocenters. The van der Waals surface area contributed by atoms with E-state index < -0.39 is 0 Å². The Labute approximate surface area is 114 Å². The standard InChI is InChI=1S/C12H24ClN5/c1-8-9(11(13)18(6)16-8)7-10(15-14)12(2,3)17(4)5/h10,15H,7,14H2,1-6H3. The maximum Gasteiger partial charge on any atom is 0.130 e. The lowest BCUT2D eigenvalue weighted by Crippen LogP contribution is -2.58. The van der Waals surface area contributed by atoms with Crippen LogP contribution in [0.25, 0.3) is 0 Å². The second-order valence-corrected chi connectivity index (χ2v) is 5.81. The molecule has 18 heavy (non-hydrogen) atoms. The van der Waals surface area contributed by atoms with Crippen molar-refractivity contribution in [2.24, 2.45) is 12.9 Å². The van der Waals surface area contributed by atoms with Crippen LogP contribution in [0.5, 0.6) is 0 Å². The van der Waals surface area contributed by atoms with Crippen molar-refractivity contribution >= 4 is 11.6 Å². The molecule has 0 spiro atoms. The molecule has 1 heterocycles. The molecule has 0 aliphatic carbocycles. The molecule has 0 fully saturated rings. The molecule has 0 saturated carbocycles. The highest BCUT2D eigenvalue weighted by atomic mass is 35.5. The number of nitrogens with one attached hydrogen (secondary N) is 1. The lowest BCUT2D eigenvalue weighted by atomic mass is 9.89. The molecule has 104 valence electrons. The highest BCUT2D eigenvalue weighted by Gasteiger charge is 2.32. The summed E-state index contributed by atoms with van der Waals surface area (Å²) in [4.78, 5) is 2.15. The number of nitrogens with zero attached hydrogens (tertiary/aromatic N) is 3. The molecule has 5 nitrogen and oxygen atoms in total. The van der Waals surface area contributed by atoms with Crippen LogP contribution in [0.4, 0.5) is 0 Å². The second-order valence-electron chi connectivity index (χ2n) is 5.45. The van der Waals surface area contributed by atoms with Gasteiger partial charge in [-0.25, -0.2) is 0 Å². The molecule has 1 aromatic heterocycles. The molecular formula is C12H24ClN5. The lowest BCUT2D eigenvalue weighted by molar-refractivity contribution is 0.137. The number of aryl methyl sites for hydroxylation is 2. The summed E-state index contributed by atoms with van der Waals surface area (Å²) >= 11 is 6.26. The van der Waals surface area contributed by atoms with Gasteiger partial charge in [-0.15, -0.1) is 0 Å². The Kier molecular flexibility index (Phi) is 4.78. The predicted octanol–water partition coefficient (Wildman–Crippen LogP) is 1.10. The molecule has 1 atom stereocenters. The van der Waals surface area contributed by atoms with Gasteiger partial charge in [0.25, 0.3) is 0 Å². The van der Waals surface area contributed by atoms with Crippen molar-refractivity contribution in [3.05, 3.63) is 16.4 Å². The number of rotatable bonds is 5. The van der Waals surface area contributed by atoms with Crippen molar-refractivity contribution in [2.45, 2.75) is 38.8 Å². The Morgan fingerprint density at radius 3 is 2.39 bits per heavy atom. The molecule has 0 radical (unpaired) electrons. The lowest BCUT2D eigenvalue weighted by Gasteiger charge is -2.39. The fourth-order valence-electron chi connectivity index (χ4n) is 1.93. The molecule has 0 aromatic carbocycles. The smallest absolute Gasteiger partial charge is 0.130 e. The van der Waals surface area contributed by atoms with Crippen LogP contribution in [0, 0.1) is 6.92 Å². The minimum absolute atomic E-state index is 0.0830. The molecule has 0 aliphatic heterocycles. The van der Waals surface area contributed by atoms with Crippen LogP contribution < -0.4 is 11.3 Å². The van der Waals surface area contributed by atoms with E-state index in [0.29, 0.717) is 5.15 Å². The van der Waals surface area contributed by atoms with Crippen molar-refractivity contribution in [2.75, 3.05) is 14.1 Å². The third-order valence-electron chi connectivity index (χ3n) is 3.88. The summed E-state index contributed by atoms with van der Waals surface area (Å²) in [6.45, 7) is 6.27. The van der Waals surface area contributed by atoms with E-state index in [4.69, 9.17) is 17.4 Å². The van der Waals surface area contributed by atoms with Crippen molar-refractivity contribution < 1.29 is 0 Å². The zero-order valence-corrected chi connectivity index (χ0v) is 12.8. The van der Waals surface area contributed by atoms with Crippen LogP contribution in [0.1, 0.15) is 25.1 Å². The average molecular weight is 274 g/mol. The summed E-state index contributed by atoms with van der Waals surface area (Å²) in [5.41, 5.74) is 4.82. The first-order valence-electron chi connectivity index (χ1n) is 6.03. The fourth-order valence-corrected chi connectivity index (χ4v) is 2.19. The largest absolute Gasteiger partial charge is 0.303 e. The van der Waals surface area contributed by atoms with Crippen LogP contribution in [-0.4, -0.2) is 40.4 Å². The van der Waals surface area contributed by atoms with Crippen molar-refractivity contribution in [3.8, 4) is 0 Å². The van der Waals surface area contributed by atoms with Gasteiger partial charge in [0, 0.05) is 24.2 Å². The molecule has 3 N–H and O–H groups in total. The summed E-state index contributed by atoms with van der Waals surface area (Å²) in [7, 11) is 5.94. The highest BCUT2D eigenvalue weighted by Crippen LogP contribution is 2.25. The number of hydrogen-bond acceptors (Lipinski definition) is 4. The molecule has 1 aromatic rings. The third kappa shape index (κ3) is 2.85. The molecule has 0 saturated heterocycles. The van der Waals surface area contributed by atoms with Crippen LogP contribution in [0.15, 0.2) is 0 Å². The van der Waals surface area contributed by atoms with Crippen LogP contribution in [0.2, 0.25) is 5.15 Å². The van der Waals surface area contributed by atoms with Gasteiger partial charge < -0.3 is 4.90 Å². The van der Waals surface area contributed by atoms with E-state index in [1.807, 2.05) is 28.1 Å². The van der Waals surface area contributed by atoms with Crippen molar-refractivity contribution in [1.29, 1.82) is 0 Å². The number of hydrazine groups is 1. The number of halogens is 1. The molecule has 6 heteroatoms. The first kappa shape index (κ1) is 15.4. The minimum Gasteiger partial charge on any atom is -0.303 e. The van der Waals surface area contributed by atoms with Crippen LogP contribution >= 0.6 is 11.6 Å². The van der Waals surface area contributed by atoms with Crippen molar-refractivity contribution in [3.63, 3.8) is 0 Å². The Morgan fingerprint density at radius 2 is 2.06 bits per heavy atom. The number of hydrogen-bond donors (Lipinski definition) is 2. The van der Waals surface area contributed by atoms with E-state index in [2.05, 4.69) is 29.3 Å². The quantitative estimate of drug-likeness (QED) is 0.623. The maximum absolute atomic E-state index is 6.26. The molecule has 1 rings (SSSR count). The van der Waals surface area contributed by atoms with Gasteiger partial charge in [-0.1, -0.05) is 11.6 Å². The van der Waals surface area contributed by atoms with Crippen LogP contribution in [0.3, 0.4) is 0 Å². The summed E-state index contributed by atoms with van der Waals surface area (Å²) < 4.78 is 1.70. The summed E-state index contributed by atoms with van der Waals surface area (Å²) in [5.74, 6) is 5.70. The summed E-state index contributed by atoms with van der Waals surface area (Å²) in [6, 6.07) is 0.0906. The SMILES string of the molecule is Cc1nn(C)c(Cl)c1CC(NN)C(C)(C)N(C)C. The first-order chi connectivity index (χ1) is 8.21. The topological polar surface area (TPSA) is 59.1 Å². The first-order valence-corrected chi connectivity index (χ1v) is 6.41.